The lowest BCUT2D eigenvalue weighted by atomic mass is 10.3. The van der Waals surface area contributed by atoms with Crippen LogP contribution in [0.4, 0.5) is 0 Å². The van der Waals surface area contributed by atoms with E-state index in [1.807, 2.05) is 0 Å². The first-order valence-electron chi connectivity index (χ1n) is 4.78. The Hall–Kier alpha value is -1.62. The molecule has 0 N–H and O–H groups in total. The summed E-state index contributed by atoms with van der Waals surface area (Å²) in [5.74, 6) is -0.431. The summed E-state index contributed by atoms with van der Waals surface area (Å²) in [6.07, 6.45) is 4.29. The van der Waals surface area contributed by atoms with E-state index in [2.05, 4.69) is 10.1 Å². The predicted octanol–water partition coefficient (Wildman–Crippen LogP) is 1.95. The van der Waals surface area contributed by atoms with E-state index in [0.717, 1.165) is 0 Å². The predicted molar refractivity (Wildman–Crippen MR) is 58.5 cm³/mol. The third-order valence-electron chi connectivity index (χ3n) is 1.89. The molecule has 0 saturated heterocycles. The largest absolute Gasteiger partial charge is 0.459 e. The minimum absolute atomic E-state index is 0.172. The van der Waals surface area contributed by atoms with Crippen LogP contribution in [0.5, 0.6) is 0 Å². The van der Waals surface area contributed by atoms with Crippen LogP contribution in [0.3, 0.4) is 0 Å². The Bertz CT molecular complexity index is 536. The van der Waals surface area contributed by atoms with Gasteiger partial charge in [0.25, 0.3) is 0 Å². The van der Waals surface area contributed by atoms with Crippen molar-refractivity contribution in [3.63, 3.8) is 0 Å². The van der Waals surface area contributed by atoms with Crippen LogP contribution in [-0.2, 0) is 4.74 Å². The maximum Gasteiger partial charge on any atom is 0.343 e. The van der Waals surface area contributed by atoms with Gasteiger partial charge in [-0.05, 0) is 13.8 Å². The van der Waals surface area contributed by atoms with Crippen molar-refractivity contribution in [3.8, 4) is 0 Å². The van der Waals surface area contributed by atoms with Gasteiger partial charge < -0.3 is 4.74 Å². The molecule has 0 radical (unpaired) electrons. The fourth-order valence-corrected chi connectivity index (χ4v) is 1.41. The van der Waals surface area contributed by atoms with Gasteiger partial charge in [0.1, 0.15) is 5.56 Å². The summed E-state index contributed by atoms with van der Waals surface area (Å²) in [7, 11) is 0. The lowest BCUT2D eigenvalue weighted by molar-refractivity contribution is 0.0380. The van der Waals surface area contributed by atoms with E-state index in [1.165, 1.54) is 16.9 Å². The molecular formula is C10H10ClN3O2. The fourth-order valence-electron chi connectivity index (χ4n) is 1.27. The number of aromatic nitrogens is 3. The van der Waals surface area contributed by atoms with Crippen molar-refractivity contribution < 1.29 is 9.53 Å². The summed E-state index contributed by atoms with van der Waals surface area (Å²) in [5, 5.41) is 4.43. The number of hydrogen-bond acceptors (Lipinski definition) is 4. The van der Waals surface area contributed by atoms with Gasteiger partial charge in [-0.15, -0.1) is 0 Å². The van der Waals surface area contributed by atoms with E-state index >= 15 is 0 Å². The molecular weight excluding hydrogens is 230 g/mol. The first-order chi connectivity index (χ1) is 7.58. The van der Waals surface area contributed by atoms with Gasteiger partial charge in [0.05, 0.1) is 23.5 Å². The molecule has 2 aromatic rings. The van der Waals surface area contributed by atoms with Gasteiger partial charge in [-0.3, -0.25) is 0 Å². The third kappa shape index (κ3) is 1.99. The average molecular weight is 240 g/mol. The smallest absolute Gasteiger partial charge is 0.343 e. The fraction of sp³-hybridized carbons (Fsp3) is 0.300. The van der Waals surface area contributed by atoms with Crippen molar-refractivity contribution in [2.45, 2.75) is 20.0 Å². The van der Waals surface area contributed by atoms with Crippen molar-refractivity contribution in [3.05, 3.63) is 29.2 Å². The minimum Gasteiger partial charge on any atom is -0.459 e. The molecule has 0 bridgehead atoms. The first-order valence-corrected chi connectivity index (χ1v) is 5.15. The number of carbonyl (C=O) groups is 1. The van der Waals surface area contributed by atoms with Crippen LogP contribution in [0.15, 0.2) is 18.6 Å². The van der Waals surface area contributed by atoms with E-state index in [4.69, 9.17) is 16.3 Å². The highest BCUT2D eigenvalue weighted by Crippen LogP contribution is 2.13. The number of fused-ring (bicyclic) bond motifs is 1. The maximum atomic E-state index is 11.7. The molecule has 0 fully saturated rings. The Balaban J connectivity index is 2.42. The highest BCUT2D eigenvalue weighted by molar-refractivity contribution is 6.30. The number of rotatable bonds is 2. The highest BCUT2D eigenvalue weighted by Gasteiger charge is 2.16. The molecule has 0 amide bonds. The summed E-state index contributed by atoms with van der Waals surface area (Å²) in [5.41, 5.74) is 0.778. The molecule has 5 nitrogen and oxygen atoms in total. The van der Waals surface area contributed by atoms with Gasteiger partial charge in [-0.1, -0.05) is 11.6 Å². The van der Waals surface area contributed by atoms with Crippen molar-refractivity contribution in [2.24, 2.45) is 0 Å². The summed E-state index contributed by atoms with van der Waals surface area (Å²) in [6, 6.07) is 0. The molecule has 0 unspecified atom stereocenters. The van der Waals surface area contributed by atoms with E-state index in [-0.39, 0.29) is 6.10 Å². The number of hydrogen-bond donors (Lipinski definition) is 0. The molecule has 0 aliphatic heterocycles. The minimum atomic E-state index is -0.431. The standard InChI is InChI=1S/C10H10ClN3O2/c1-6(2)16-10(15)8-4-13-14-5-7(11)3-12-9(8)14/h3-6H,1-2H3. The van der Waals surface area contributed by atoms with Crippen LogP contribution in [0.25, 0.3) is 5.65 Å². The molecule has 0 spiro atoms. The van der Waals surface area contributed by atoms with Gasteiger partial charge in [0, 0.05) is 6.20 Å². The number of esters is 1. The van der Waals surface area contributed by atoms with E-state index in [1.54, 1.807) is 20.0 Å². The second-order valence-corrected chi connectivity index (χ2v) is 3.99. The van der Waals surface area contributed by atoms with Crippen molar-refractivity contribution in [1.29, 1.82) is 0 Å². The van der Waals surface area contributed by atoms with E-state index in [9.17, 15) is 4.79 Å². The SMILES string of the molecule is CC(C)OC(=O)c1cnn2cc(Cl)cnc12. The molecule has 0 aliphatic rings. The quantitative estimate of drug-likeness (QED) is 0.752. The number of halogens is 1. The lowest BCUT2D eigenvalue weighted by Gasteiger charge is -2.05. The molecule has 0 aromatic carbocycles. The molecule has 0 atom stereocenters. The van der Waals surface area contributed by atoms with Gasteiger partial charge in [-0.2, -0.15) is 5.10 Å². The Kier molecular flexibility index (Phi) is 2.78. The lowest BCUT2D eigenvalue weighted by Crippen LogP contribution is -2.11. The van der Waals surface area contributed by atoms with Crippen molar-refractivity contribution in [2.75, 3.05) is 0 Å². The monoisotopic (exact) mass is 239 g/mol. The third-order valence-corrected chi connectivity index (χ3v) is 2.08. The second-order valence-electron chi connectivity index (χ2n) is 3.55. The average Bonchev–Trinajstić information content (AvgIpc) is 2.59. The Morgan fingerprint density at radius 2 is 2.25 bits per heavy atom. The van der Waals surface area contributed by atoms with E-state index < -0.39 is 5.97 Å². The van der Waals surface area contributed by atoms with Crippen molar-refractivity contribution in [1.82, 2.24) is 14.6 Å². The molecule has 0 saturated carbocycles. The topological polar surface area (TPSA) is 56.5 Å². The molecule has 2 rings (SSSR count). The summed E-state index contributed by atoms with van der Waals surface area (Å²) in [6.45, 7) is 3.57. The van der Waals surface area contributed by atoms with Crippen molar-refractivity contribution >= 4 is 23.2 Å². The van der Waals surface area contributed by atoms with Gasteiger partial charge in [-0.25, -0.2) is 14.3 Å². The van der Waals surface area contributed by atoms with Gasteiger partial charge >= 0.3 is 5.97 Å². The van der Waals surface area contributed by atoms with Gasteiger partial charge in [0.2, 0.25) is 0 Å². The molecule has 0 aliphatic carbocycles. The maximum absolute atomic E-state index is 11.7. The van der Waals surface area contributed by atoms with Crippen LogP contribution >= 0.6 is 11.6 Å². The molecule has 2 aromatic heterocycles. The highest BCUT2D eigenvalue weighted by atomic mass is 35.5. The zero-order valence-electron chi connectivity index (χ0n) is 8.85. The zero-order chi connectivity index (χ0) is 11.7. The molecule has 16 heavy (non-hydrogen) atoms. The number of ether oxygens (including phenoxy) is 1. The molecule has 6 heteroatoms. The Labute approximate surface area is 97.0 Å². The van der Waals surface area contributed by atoms with Crippen LogP contribution in [0.1, 0.15) is 24.2 Å². The van der Waals surface area contributed by atoms with E-state index in [0.29, 0.717) is 16.2 Å². The summed E-state index contributed by atoms with van der Waals surface area (Å²) >= 11 is 5.75. The van der Waals surface area contributed by atoms with Crippen LogP contribution < -0.4 is 0 Å². The van der Waals surface area contributed by atoms with Crippen LogP contribution in [0.2, 0.25) is 5.02 Å². The molecule has 84 valence electrons. The summed E-state index contributed by atoms with van der Waals surface area (Å²) in [4.78, 5) is 15.7. The number of carbonyl (C=O) groups excluding carboxylic acids is 1. The van der Waals surface area contributed by atoms with Crippen LogP contribution in [0, 0.1) is 0 Å². The summed E-state index contributed by atoms with van der Waals surface area (Å²) < 4.78 is 6.51. The van der Waals surface area contributed by atoms with Gasteiger partial charge in [0.15, 0.2) is 5.65 Å². The van der Waals surface area contributed by atoms with Crippen LogP contribution in [-0.4, -0.2) is 26.7 Å². The Morgan fingerprint density at radius 1 is 1.50 bits per heavy atom. The molecule has 2 heterocycles. The normalized spacial score (nSPS) is 11.0. The first kappa shape index (κ1) is 10.9. The second kappa shape index (κ2) is 4.09. The zero-order valence-corrected chi connectivity index (χ0v) is 9.60. The Morgan fingerprint density at radius 3 is 2.94 bits per heavy atom. The number of nitrogens with zero attached hydrogens (tertiary/aromatic N) is 3.